The van der Waals surface area contributed by atoms with Gasteiger partial charge < -0.3 is 11.1 Å². The minimum atomic E-state index is -3.02. The lowest BCUT2D eigenvalue weighted by Crippen LogP contribution is -2.63. The fourth-order valence-corrected chi connectivity index (χ4v) is 4.56. The van der Waals surface area contributed by atoms with E-state index < -0.39 is 21.3 Å². The summed E-state index contributed by atoms with van der Waals surface area (Å²) in [4.78, 5) is 12.1. The van der Waals surface area contributed by atoms with E-state index in [1.54, 1.807) is 19.9 Å². The Morgan fingerprint density at radius 3 is 2.53 bits per heavy atom. The van der Waals surface area contributed by atoms with E-state index in [9.17, 15) is 13.2 Å². The second kappa shape index (κ2) is 4.38. The number of sulfone groups is 1. The summed E-state index contributed by atoms with van der Waals surface area (Å²) in [5.74, 6) is -0.503. The van der Waals surface area contributed by atoms with Gasteiger partial charge in [0.05, 0.1) is 22.6 Å². The molecule has 1 saturated heterocycles. The van der Waals surface area contributed by atoms with E-state index in [1.165, 1.54) is 6.07 Å². The van der Waals surface area contributed by atoms with Crippen molar-refractivity contribution in [3.63, 3.8) is 0 Å². The molecule has 0 aliphatic carbocycles. The monoisotopic (exact) mass is 302 g/mol. The van der Waals surface area contributed by atoms with Crippen LogP contribution < -0.4 is 11.1 Å². The lowest BCUT2D eigenvalue weighted by molar-refractivity contribution is 0.0918. The molecule has 1 aliphatic rings. The summed E-state index contributed by atoms with van der Waals surface area (Å²) in [5, 5.41) is 3.12. The van der Waals surface area contributed by atoms with Crippen molar-refractivity contribution in [2.45, 2.75) is 19.4 Å². The Hall–Kier alpha value is -1.27. The standard InChI is InChI=1S/C12H15ClN2O3S/c1-7-3-8(13)4-9(10(7)14)11(16)15-12(2)5-19(17,18)6-12/h3-4H,5-6,14H2,1-2H3,(H,15,16). The molecule has 104 valence electrons. The molecule has 5 nitrogen and oxygen atoms in total. The highest BCUT2D eigenvalue weighted by Gasteiger charge is 2.45. The Morgan fingerprint density at radius 1 is 1.42 bits per heavy atom. The second-order valence-electron chi connectivity index (χ2n) is 5.23. The number of carbonyl (C=O) groups excluding carboxylic acids is 1. The predicted octanol–water partition coefficient (Wildman–Crippen LogP) is 1.15. The zero-order valence-electron chi connectivity index (χ0n) is 10.7. The minimum Gasteiger partial charge on any atom is -0.398 e. The molecule has 19 heavy (non-hydrogen) atoms. The van der Waals surface area contributed by atoms with Crippen molar-refractivity contribution in [2.75, 3.05) is 17.2 Å². The number of rotatable bonds is 2. The maximum absolute atomic E-state index is 12.1. The number of aryl methyl sites for hydroxylation is 1. The van der Waals surface area contributed by atoms with Crippen LogP contribution >= 0.6 is 11.6 Å². The molecule has 0 bridgehead atoms. The third-order valence-electron chi connectivity index (χ3n) is 3.09. The fourth-order valence-electron chi connectivity index (χ4n) is 2.28. The van der Waals surface area contributed by atoms with E-state index in [-0.39, 0.29) is 17.1 Å². The van der Waals surface area contributed by atoms with Crippen LogP contribution in [0.5, 0.6) is 0 Å². The van der Waals surface area contributed by atoms with Gasteiger partial charge in [-0.15, -0.1) is 0 Å². The molecule has 1 heterocycles. The molecule has 1 aliphatic heterocycles. The molecule has 0 aromatic heterocycles. The molecule has 0 radical (unpaired) electrons. The third-order valence-corrected chi connectivity index (χ3v) is 5.46. The first kappa shape index (κ1) is 14.1. The molecular formula is C12H15ClN2O3S. The zero-order valence-corrected chi connectivity index (χ0v) is 12.2. The molecule has 1 fully saturated rings. The van der Waals surface area contributed by atoms with Crippen LogP contribution in [0.4, 0.5) is 5.69 Å². The number of hydrogen-bond acceptors (Lipinski definition) is 4. The van der Waals surface area contributed by atoms with E-state index in [0.717, 1.165) is 0 Å². The van der Waals surface area contributed by atoms with Crippen LogP contribution in [0.3, 0.4) is 0 Å². The van der Waals surface area contributed by atoms with Gasteiger partial charge in [0.1, 0.15) is 0 Å². The number of nitrogens with two attached hydrogens (primary N) is 1. The highest BCUT2D eigenvalue weighted by Crippen LogP contribution is 2.26. The number of nitrogens with one attached hydrogen (secondary N) is 1. The lowest BCUT2D eigenvalue weighted by atomic mass is 10.0. The van der Waals surface area contributed by atoms with Crippen molar-refractivity contribution in [1.82, 2.24) is 5.32 Å². The van der Waals surface area contributed by atoms with Gasteiger partial charge in [0.2, 0.25) is 0 Å². The first-order chi connectivity index (χ1) is 8.62. The first-order valence-electron chi connectivity index (χ1n) is 5.70. The topological polar surface area (TPSA) is 89.3 Å². The quantitative estimate of drug-likeness (QED) is 0.802. The zero-order chi connectivity index (χ0) is 14.4. The van der Waals surface area contributed by atoms with E-state index in [1.807, 2.05) is 0 Å². The van der Waals surface area contributed by atoms with E-state index in [4.69, 9.17) is 17.3 Å². The summed E-state index contributed by atoms with van der Waals surface area (Å²) >= 11 is 5.90. The van der Waals surface area contributed by atoms with Crippen LogP contribution in [0.15, 0.2) is 12.1 Å². The molecule has 2 rings (SSSR count). The largest absolute Gasteiger partial charge is 0.398 e. The van der Waals surface area contributed by atoms with Crippen LogP contribution in [-0.4, -0.2) is 31.4 Å². The number of hydrogen-bond donors (Lipinski definition) is 2. The fraction of sp³-hybridized carbons (Fsp3) is 0.417. The summed E-state index contributed by atoms with van der Waals surface area (Å²) in [6.07, 6.45) is 0. The maximum atomic E-state index is 12.1. The summed E-state index contributed by atoms with van der Waals surface area (Å²) in [6, 6.07) is 3.15. The summed E-state index contributed by atoms with van der Waals surface area (Å²) in [7, 11) is -3.02. The Bertz CT molecular complexity index is 643. The number of benzene rings is 1. The van der Waals surface area contributed by atoms with Crippen molar-refractivity contribution < 1.29 is 13.2 Å². The van der Waals surface area contributed by atoms with Crippen molar-refractivity contribution in [1.29, 1.82) is 0 Å². The average Bonchev–Trinajstić information content (AvgIpc) is 2.19. The molecule has 1 amide bonds. The van der Waals surface area contributed by atoms with Crippen LogP contribution in [0, 0.1) is 6.92 Å². The number of nitrogen functional groups attached to an aromatic ring is 1. The third kappa shape index (κ3) is 2.84. The predicted molar refractivity (Wildman–Crippen MR) is 75.1 cm³/mol. The summed E-state index contributed by atoms with van der Waals surface area (Å²) in [5.41, 5.74) is 6.46. The smallest absolute Gasteiger partial charge is 0.253 e. The summed E-state index contributed by atoms with van der Waals surface area (Å²) < 4.78 is 22.4. The molecule has 3 N–H and O–H groups in total. The van der Waals surface area contributed by atoms with E-state index >= 15 is 0 Å². The van der Waals surface area contributed by atoms with Crippen molar-refractivity contribution in [3.8, 4) is 0 Å². The Morgan fingerprint density at radius 2 is 2.00 bits per heavy atom. The van der Waals surface area contributed by atoms with Gasteiger partial charge in [0.25, 0.3) is 5.91 Å². The van der Waals surface area contributed by atoms with Gasteiger partial charge in [-0.3, -0.25) is 4.79 Å². The molecule has 7 heteroatoms. The molecule has 0 saturated carbocycles. The van der Waals surface area contributed by atoms with Gasteiger partial charge in [-0.25, -0.2) is 8.42 Å². The van der Waals surface area contributed by atoms with Crippen LogP contribution in [-0.2, 0) is 9.84 Å². The van der Waals surface area contributed by atoms with Gasteiger partial charge in [-0.2, -0.15) is 0 Å². The number of anilines is 1. The molecule has 0 atom stereocenters. The van der Waals surface area contributed by atoms with E-state index in [0.29, 0.717) is 16.3 Å². The van der Waals surface area contributed by atoms with Gasteiger partial charge >= 0.3 is 0 Å². The Kier molecular flexibility index (Phi) is 3.26. The molecule has 0 spiro atoms. The second-order valence-corrected chi connectivity index (χ2v) is 7.73. The number of amides is 1. The first-order valence-corrected chi connectivity index (χ1v) is 7.90. The van der Waals surface area contributed by atoms with Crippen LogP contribution in [0.2, 0.25) is 5.02 Å². The van der Waals surface area contributed by atoms with Crippen LogP contribution in [0.25, 0.3) is 0 Å². The Balaban J connectivity index is 2.22. The SMILES string of the molecule is Cc1cc(Cl)cc(C(=O)NC2(C)CS(=O)(=O)C2)c1N. The lowest BCUT2D eigenvalue weighted by Gasteiger charge is -2.38. The normalized spacial score (nSPS) is 19.5. The minimum absolute atomic E-state index is 0.0504. The van der Waals surface area contributed by atoms with E-state index in [2.05, 4.69) is 5.32 Å². The van der Waals surface area contributed by atoms with Gasteiger partial charge in [-0.05, 0) is 31.5 Å². The molecule has 0 unspecified atom stereocenters. The molecule has 1 aromatic rings. The number of carbonyl (C=O) groups is 1. The van der Waals surface area contributed by atoms with Crippen molar-refractivity contribution in [3.05, 3.63) is 28.3 Å². The van der Waals surface area contributed by atoms with Crippen LogP contribution in [0.1, 0.15) is 22.8 Å². The molecule has 1 aromatic carbocycles. The Labute approximate surface area is 117 Å². The van der Waals surface area contributed by atoms with Crippen molar-refractivity contribution in [2.24, 2.45) is 0 Å². The highest BCUT2D eigenvalue weighted by atomic mass is 35.5. The summed E-state index contributed by atoms with van der Waals surface area (Å²) in [6.45, 7) is 3.45. The highest BCUT2D eigenvalue weighted by molar-refractivity contribution is 7.93. The average molecular weight is 303 g/mol. The number of halogens is 1. The van der Waals surface area contributed by atoms with Gasteiger partial charge in [-0.1, -0.05) is 11.6 Å². The van der Waals surface area contributed by atoms with Crippen molar-refractivity contribution >= 4 is 33.0 Å². The van der Waals surface area contributed by atoms with Gasteiger partial charge in [0.15, 0.2) is 9.84 Å². The maximum Gasteiger partial charge on any atom is 0.253 e. The molecular weight excluding hydrogens is 288 g/mol. The van der Waals surface area contributed by atoms with Gasteiger partial charge in [0, 0.05) is 10.7 Å².